The Morgan fingerprint density at radius 2 is 1.43 bits per heavy atom. The van der Waals surface area contributed by atoms with Gasteiger partial charge in [0.2, 0.25) is 17.8 Å². The van der Waals surface area contributed by atoms with Crippen LogP contribution in [0.4, 0.5) is 29.2 Å². The number of hydrogen-bond acceptors (Lipinski definition) is 10. The Kier molecular flexibility index (Phi) is 7.64. The SMILES string of the molecule is COc1cc(C=NNc2nc(Nc3ccccc3)nc(Nc3ccccc3)n2)ccc1OCC#N. The maximum atomic E-state index is 8.70. The highest BCUT2D eigenvalue weighted by Gasteiger charge is 2.08. The Morgan fingerprint density at radius 3 is 2.00 bits per heavy atom. The minimum Gasteiger partial charge on any atom is -0.493 e. The zero-order valence-electron chi connectivity index (χ0n) is 18.8. The van der Waals surface area contributed by atoms with E-state index in [1.165, 1.54) is 7.11 Å². The number of para-hydroxylation sites is 2. The smallest absolute Gasteiger partial charge is 0.250 e. The van der Waals surface area contributed by atoms with Crippen LogP contribution in [0.1, 0.15) is 5.56 Å². The van der Waals surface area contributed by atoms with Crippen molar-refractivity contribution in [1.82, 2.24) is 15.0 Å². The van der Waals surface area contributed by atoms with Crippen LogP contribution in [0.25, 0.3) is 0 Å². The number of nitrogens with zero attached hydrogens (tertiary/aromatic N) is 5. The minimum absolute atomic E-state index is 0.0660. The van der Waals surface area contributed by atoms with Crippen LogP contribution in [0.2, 0.25) is 0 Å². The van der Waals surface area contributed by atoms with E-state index in [0.717, 1.165) is 16.9 Å². The Labute approximate surface area is 202 Å². The molecule has 0 saturated heterocycles. The van der Waals surface area contributed by atoms with Gasteiger partial charge >= 0.3 is 0 Å². The summed E-state index contributed by atoms with van der Waals surface area (Å²) in [6.07, 6.45) is 1.59. The quantitative estimate of drug-likeness (QED) is 0.225. The van der Waals surface area contributed by atoms with Gasteiger partial charge in [0.05, 0.1) is 13.3 Å². The molecule has 0 spiro atoms. The molecule has 1 aromatic heterocycles. The van der Waals surface area contributed by atoms with Crippen molar-refractivity contribution >= 4 is 35.4 Å². The fourth-order valence-corrected chi connectivity index (χ4v) is 3.00. The largest absolute Gasteiger partial charge is 0.493 e. The Bertz CT molecular complexity index is 1260. The number of aromatic nitrogens is 3. The third kappa shape index (κ3) is 6.66. The fourth-order valence-electron chi connectivity index (χ4n) is 3.00. The number of rotatable bonds is 10. The first-order valence-corrected chi connectivity index (χ1v) is 10.6. The maximum absolute atomic E-state index is 8.70. The molecule has 10 nitrogen and oxygen atoms in total. The van der Waals surface area contributed by atoms with Gasteiger partial charge in [0.15, 0.2) is 18.1 Å². The van der Waals surface area contributed by atoms with Gasteiger partial charge in [-0.2, -0.15) is 25.3 Å². The van der Waals surface area contributed by atoms with E-state index in [-0.39, 0.29) is 12.6 Å². The van der Waals surface area contributed by atoms with E-state index in [4.69, 9.17) is 14.7 Å². The molecule has 0 radical (unpaired) electrons. The summed E-state index contributed by atoms with van der Waals surface area (Å²) in [5.41, 5.74) is 5.27. The molecule has 3 aromatic carbocycles. The van der Waals surface area contributed by atoms with Crippen molar-refractivity contribution in [2.24, 2.45) is 5.10 Å². The van der Waals surface area contributed by atoms with E-state index in [2.05, 4.69) is 36.1 Å². The first-order chi connectivity index (χ1) is 17.2. The number of methoxy groups -OCH3 is 1. The maximum Gasteiger partial charge on any atom is 0.250 e. The zero-order chi connectivity index (χ0) is 24.3. The monoisotopic (exact) mass is 466 g/mol. The van der Waals surface area contributed by atoms with Crippen molar-refractivity contribution in [2.45, 2.75) is 0 Å². The van der Waals surface area contributed by atoms with Crippen molar-refractivity contribution in [1.29, 1.82) is 5.26 Å². The summed E-state index contributed by atoms with van der Waals surface area (Å²) in [5, 5.41) is 19.3. The molecule has 174 valence electrons. The van der Waals surface area contributed by atoms with Gasteiger partial charge in [-0.1, -0.05) is 36.4 Å². The third-order valence-electron chi connectivity index (χ3n) is 4.55. The normalized spacial score (nSPS) is 10.4. The van der Waals surface area contributed by atoms with Crippen LogP contribution in [0.5, 0.6) is 11.5 Å². The van der Waals surface area contributed by atoms with Crippen LogP contribution in [0, 0.1) is 11.3 Å². The number of nitriles is 1. The van der Waals surface area contributed by atoms with Crippen LogP contribution >= 0.6 is 0 Å². The van der Waals surface area contributed by atoms with Crippen molar-refractivity contribution in [3.63, 3.8) is 0 Å². The van der Waals surface area contributed by atoms with Crippen LogP contribution in [-0.2, 0) is 0 Å². The molecule has 35 heavy (non-hydrogen) atoms. The molecule has 10 heteroatoms. The van der Waals surface area contributed by atoms with Crippen LogP contribution < -0.4 is 25.5 Å². The second kappa shape index (κ2) is 11.6. The average molecular weight is 467 g/mol. The first kappa shape index (κ1) is 23.0. The molecule has 4 aromatic rings. The van der Waals surface area contributed by atoms with E-state index in [0.29, 0.717) is 23.4 Å². The summed E-state index contributed by atoms with van der Waals surface area (Å²) >= 11 is 0. The van der Waals surface area contributed by atoms with Gasteiger partial charge in [-0.05, 0) is 48.0 Å². The highest BCUT2D eigenvalue weighted by Crippen LogP contribution is 2.27. The summed E-state index contributed by atoms with van der Waals surface area (Å²) in [7, 11) is 1.53. The molecule has 1 heterocycles. The van der Waals surface area contributed by atoms with Gasteiger partial charge in [-0.3, -0.25) is 0 Å². The van der Waals surface area contributed by atoms with Gasteiger partial charge in [-0.15, -0.1) is 0 Å². The zero-order valence-corrected chi connectivity index (χ0v) is 18.8. The van der Waals surface area contributed by atoms with E-state index in [1.54, 1.807) is 24.4 Å². The predicted octanol–water partition coefficient (Wildman–Crippen LogP) is 4.72. The van der Waals surface area contributed by atoms with Crippen molar-refractivity contribution < 1.29 is 9.47 Å². The molecule has 4 rings (SSSR count). The van der Waals surface area contributed by atoms with E-state index in [9.17, 15) is 0 Å². The number of ether oxygens (including phenoxy) is 2. The highest BCUT2D eigenvalue weighted by atomic mass is 16.5. The second-order valence-electron chi connectivity index (χ2n) is 7.02. The van der Waals surface area contributed by atoms with Gasteiger partial charge in [0, 0.05) is 11.4 Å². The molecule has 0 bridgehead atoms. The van der Waals surface area contributed by atoms with Crippen LogP contribution in [0.15, 0.2) is 84.0 Å². The Balaban J connectivity index is 1.53. The third-order valence-corrected chi connectivity index (χ3v) is 4.55. The van der Waals surface area contributed by atoms with E-state index >= 15 is 0 Å². The molecule has 0 unspecified atom stereocenters. The topological polar surface area (TPSA) is 129 Å². The van der Waals surface area contributed by atoms with Crippen LogP contribution in [-0.4, -0.2) is 34.9 Å². The van der Waals surface area contributed by atoms with Gasteiger partial charge < -0.3 is 20.1 Å². The number of hydrogen-bond donors (Lipinski definition) is 3. The van der Waals surface area contributed by atoms with Crippen molar-refractivity contribution in [3.05, 3.63) is 84.4 Å². The summed E-state index contributed by atoms with van der Waals surface area (Å²) in [5.74, 6) is 1.91. The van der Waals surface area contributed by atoms with Gasteiger partial charge in [0.1, 0.15) is 6.07 Å². The number of nitrogens with one attached hydrogen (secondary N) is 3. The van der Waals surface area contributed by atoms with Crippen LogP contribution in [0.3, 0.4) is 0 Å². The molecule has 0 aliphatic rings. The van der Waals surface area contributed by atoms with E-state index in [1.807, 2.05) is 66.7 Å². The van der Waals surface area contributed by atoms with Crippen molar-refractivity contribution in [3.8, 4) is 17.6 Å². The molecule has 3 N–H and O–H groups in total. The summed E-state index contributed by atoms with van der Waals surface area (Å²) in [6, 6.07) is 26.4. The minimum atomic E-state index is -0.0660. The first-order valence-electron chi connectivity index (χ1n) is 10.6. The summed E-state index contributed by atoms with van der Waals surface area (Å²) in [6.45, 7) is -0.0660. The molecule has 0 aliphatic carbocycles. The lowest BCUT2D eigenvalue weighted by atomic mass is 10.2. The molecule has 0 aliphatic heterocycles. The molecule has 0 fully saturated rings. The molecular weight excluding hydrogens is 444 g/mol. The predicted molar refractivity (Wildman–Crippen MR) is 135 cm³/mol. The summed E-state index contributed by atoms with van der Waals surface area (Å²) < 4.78 is 10.7. The number of benzene rings is 3. The molecule has 0 atom stereocenters. The Hall–Kier alpha value is -5.17. The second-order valence-corrected chi connectivity index (χ2v) is 7.02. The lowest BCUT2D eigenvalue weighted by Gasteiger charge is -2.10. The lowest BCUT2D eigenvalue weighted by Crippen LogP contribution is -2.07. The molecule has 0 amide bonds. The number of hydrazone groups is 1. The summed E-state index contributed by atoms with van der Waals surface area (Å²) in [4.78, 5) is 13.3. The molecular formula is C25H22N8O2. The standard InChI is InChI=1S/C25H22N8O2/c1-34-22-16-18(12-13-21(22)35-15-14-26)17-27-33-25-31-23(28-19-8-4-2-5-9-19)30-24(32-25)29-20-10-6-3-7-11-20/h2-13,16-17H,15H2,1H3,(H3,28,29,30,31,32,33). The lowest BCUT2D eigenvalue weighted by molar-refractivity contribution is 0.329. The highest BCUT2D eigenvalue weighted by molar-refractivity contribution is 5.81. The fraction of sp³-hybridized carbons (Fsp3) is 0.0800. The average Bonchev–Trinajstić information content (AvgIpc) is 2.89. The number of anilines is 5. The Morgan fingerprint density at radius 1 is 0.829 bits per heavy atom. The van der Waals surface area contributed by atoms with Crippen molar-refractivity contribution in [2.75, 3.05) is 29.8 Å². The van der Waals surface area contributed by atoms with E-state index < -0.39 is 0 Å². The van der Waals surface area contributed by atoms with Gasteiger partial charge in [-0.25, -0.2) is 5.43 Å². The molecule has 0 saturated carbocycles. The van der Waals surface area contributed by atoms with Gasteiger partial charge in [0.25, 0.3) is 0 Å².